The summed E-state index contributed by atoms with van der Waals surface area (Å²) >= 11 is 3.17. The Hall–Kier alpha value is -2.25. The van der Waals surface area contributed by atoms with Crippen LogP contribution in [-0.2, 0) is 9.59 Å². The lowest BCUT2D eigenvalue weighted by Gasteiger charge is -2.23. The number of hydrogen-bond donors (Lipinski definition) is 2. The smallest absolute Gasteiger partial charge is 0.241 e. The van der Waals surface area contributed by atoms with Crippen molar-refractivity contribution in [3.05, 3.63) is 58.3 Å². The predicted octanol–water partition coefficient (Wildman–Crippen LogP) is 3.79. The summed E-state index contributed by atoms with van der Waals surface area (Å²) in [4.78, 5) is 26.0. The summed E-state index contributed by atoms with van der Waals surface area (Å²) in [5, 5.41) is 5.32. The van der Waals surface area contributed by atoms with Gasteiger partial charge in [0.2, 0.25) is 11.8 Å². The lowest BCUT2D eigenvalue weighted by Crippen LogP contribution is -2.43. The van der Waals surface area contributed by atoms with Crippen LogP contribution in [0, 0.1) is 12.7 Å². The molecule has 1 atom stereocenters. The Bertz CT molecular complexity index is 796. The van der Waals surface area contributed by atoms with Crippen molar-refractivity contribution in [3.63, 3.8) is 0 Å². The summed E-state index contributed by atoms with van der Waals surface area (Å²) in [5.41, 5.74) is 1.90. The summed E-state index contributed by atoms with van der Waals surface area (Å²) in [7, 11) is 1.66. The van der Waals surface area contributed by atoms with Crippen molar-refractivity contribution in [2.24, 2.45) is 0 Å². The quantitative estimate of drug-likeness (QED) is 0.745. The molecule has 2 aromatic carbocycles. The second kappa shape index (κ2) is 8.91. The third-order valence-corrected chi connectivity index (χ3v) is 4.45. The Kier molecular flexibility index (Phi) is 6.88. The minimum Gasteiger partial charge on any atom is -0.325 e. The number of hydrogen-bond acceptors (Lipinski definition) is 3. The zero-order valence-corrected chi connectivity index (χ0v) is 16.4. The van der Waals surface area contributed by atoms with E-state index < -0.39 is 17.8 Å². The van der Waals surface area contributed by atoms with Gasteiger partial charge in [0.1, 0.15) is 5.82 Å². The SMILES string of the molecule is Cc1ccc(NC(=O)CN(C)C(C)C(=O)Nc2ccc(Br)cc2F)cc1. The molecule has 26 heavy (non-hydrogen) atoms. The van der Waals surface area contributed by atoms with Gasteiger partial charge in [-0.05, 0) is 51.2 Å². The van der Waals surface area contributed by atoms with E-state index in [2.05, 4.69) is 26.6 Å². The fourth-order valence-corrected chi connectivity index (χ4v) is 2.56. The molecule has 0 aromatic heterocycles. The monoisotopic (exact) mass is 421 g/mol. The number of aryl methyl sites for hydroxylation is 1. The Morgan fingerprint density at radius 2 is 1.81 bits per heavy atom. The largest absolute Gasteiger partial charge is 0.325 e. The Balaban J connectivity index is 1.90. The third kappa shape index (κ3) is 5.64. The van der Waals surface area contributed by atoms with Crippen LogP contribution in [0.3, 0.4) is 0 Å². The highest BCUT2D eigenvalue weighted by atomic mass is 79.9. The summed E-state index contributed by atoms with van der Waals surface area (Å²) in [5.74, 6) is -1.15. The molecule has 0 fully saturated rings. The summed E-state index contributed by atoms with van der Waals surface area (Å²) in [6.07, 6.45) is 0. The van der Waals surface area contributed by atoms with Gasteiger partial charge in [-0.15, -0.1) is 0 Å². The molecular weight excluding hydrogens is 401 g/mol. The maximum absolute atomic E-state index is 13.8. The number of likely N-dealkylation sites (N-methyl/N-ethyl adjacent to an activating group) is 1. The van der Waals surface area contributed by atoms with Crippen molar-refractivity contribution in [3.8, 4) is 0 Å². The number of benzene rings is 2. The van der Waals surface area contributed by atoms with E-state index in [1.54, 1.807) is 24.9 Å². The van der Waals surface area contributed by atoms with Crippen molar-refractivity contribution in [1.29, 1.82) is 0 Å². The minimum absolute atomic E-state index is 0.0330. The molecule has 1 unspecified atom stereocenters. The molecule has 0 heterocycles. The van der Waals surface area contributed by atoms with Crippen LogP contribution in [-0.4, -0.2) is 36.3 Å². The minimum atomic E-state index is -0.609. The van der Waals surface area contributed by atoms with E-state index in [4.69, 9.17) is 0 Å². The molecule has 2 N–H and O–H groups in total. The average molecular weight is 422 g/mol. The van der Waals surface area contributed by atoms with Crippen LogP contribution in [0.4, 0.5) is 15.8 Å². The van der Waals surface area contributed by atoms with Gasteiger partial charge < -0.3 is 10.6 Å². The van der Waals surface area contributed by atoms with Crippen molar-refractivity contribution in [2.45, 2.75) is 19.9 Å². The maximum atomic E-state index is 13.8. The van der Waals surface area contributed by atoms with Crippen LogP contribution in [0.25, 0.3) is 0 Å². The zero-order chi connectivity index (χ0) is 19.3. The van der Waals surface area contributed by atoms with Gasteiger partial charge >= 0.3 is 0 Å². The van der Waals surface area contributed by atoms with Gasteiger partial charge in [-0.1, -0.05) is 33.6 Å². The van der Waals surface area contributed by atoms with Gasteiger partial charge in [-0.25, -0.2) is 4.39 Å². The molecule has 0 saturated carbocycles. The van der Waals surface area contributed by atoms with E-state index >= 15 is 0 Å². The van der Waals surface area contributed by atoms with E-state index in [0.717, 1.165) is 5.56 Å². The van der Waals surface area contributed by atoms with Crippen LogP contribution in [0.5, 0.6) is 0 Å². The Labute approximate surface area is 160 Å². The zero-order valence-electron chi connectivity index (χ0n) is 14.8. The number of nitrogens with zero attached hydrogens (tertiary/aromatic N) is 1. The topological polar surface area (TPSA) is 61.4 Å². The molecule has 0 bridgehead atoms. The van der Waals surface area contributed by atoms with Gasteiger partial charge in [0, 0.05) is 10.2 Å². The number of carbonyl (C=O) groups excluding carboxylic acids is 2. The predicted molar refractivity (Wildman–Crippen MR) is 105 cm³/mol. The van der Waals surface area contributed by atoms with Gasteiger partial charge in [-0.3, -0.25) is 14.5 Å². The lowest BCUT2D eigenvalue weighted by atomic mass is 10.2. The van der Waals surface area contributed by atoms with Gasteiger partial charge in [0.05, 0.1) is 18.3 Å². The van der Waals surface area contributed by atoms with Crippen LogP contribution in [0.15, 0.2) is 46.9 Å². The number of amides is 2. The Morgan fingerprint density at radius 1 is 1.15 bits per heavy atom. The van der Waals surface area contributed by atoms with E-state index in [0.29, 0.717) is 10.2 Å². The molecule has 0 aliphatic heterocycles. The van der Waals surface area contributed by atoms with Crippen molar-refractivity contribution < 1.29 is 14.0 Å². The first-order chi connectivity index (χ1) is 12.3. The normalized spacial score (nSPS) is 11.9. The maximum Gasteiger partial charge on any atom is 0.241 e. The summed E-state index contributed by atoms with van der Waals surface area (Å²) in [6.45, 7) is 3.66. The van der Waals surface area contributed by atoms with E-state index in [1.165, 1.54) is 12.1 Å². The highest BCUT2D eigenvalue weighted by molar-refractivity contribution is 9.10. The molecule has 2 rings (SSSR count). The first-order valence-electron chi connectivity index (χ1n) is 8.09. The van der Waals surface area contributed by atoms with Crippen molar-refractivity contribution >= 4 is 39.1 Å². The van der Waals surface area contributed by atoms with Crippen LogP contribution >= 0.6 is 15.9 Å². The molecule has 138 valence electrons. The summed E-state index contributed by atoms with van der Waals surface area (Å²) in [6, 6.07) is 11.2. The van der Waals surface area contributed by atoms with Crippen LogP contribution in [0.1, 0.15) is 12.5 Å². The number of anilines is 2. The summed E-state index contributed by atoms with van der Waals surface area (Å²) < 4.78 is 14.4. The molecule has 0 spiro atoms. The molecule has 0 saturated heterocycles. The number of rotatable bonds is 6. The third-order valence-electron chi connectivity index (χ3n) is 3.96. The number of halogens is 2. The van der Waals surface area contributed by atoms with Gasteiger partial charge in [-0.2, -0.15) is 0 Å². The fraction of sp³-hybridized carbons (Fsp3) is 0.263. The van der Waals surface area contributed by atoms with Crippen LogP contribution < -0.4 is 10.6 Å². The molecule has 2 amide bonds. The van der Waals surface area contributed by atoms with Crippen molar-refractivity contribution in [1.82, 2.24) is 4.90 Å². The molecule has 5 nitrogen and oxygen atoms in total. The highest BCUT2D eigenvalue weighted by Gasteiger charge is 2.21. The molecule has 2 aromatic rings. The van der Waals surface area contributed by atoms with Crippen molar-refractivity contribution in [2.75, 3.05) is 24.2 Å². The number of carbonyl (C=O) groups is 2. The fourth-order valence-electron chi connectivity index (χ4n) is 2.23. The molecule has 0 radical (unpaired) electrons. The van der Waals surface area contributed by atoms with Gasteiger partial charge in [0.25, 0.3) is 0 Å². The molecule has 0 aliphatic rings. The van der Waals surface area contributed by atoms with Gasteiger partial charge in [0.15, 0.2) is 0 Å². The lowest BCUT2D eigenvalue weighted by molar-refractivity contribution is -0.122. The second-order valence-electron chi connectivity index (χ2n) is 6.12. The van der Waals surface area contributed by atoms with E-state index in [9.17, 15) is 14.0 Å². The second-order valence-corrected chi connectivity index (χ2v) is 7.03. The van der Waals surface area contributed by atoms with E-state index in [1.807, 2.05) is 31.2 Å². The first-order valence-corrected chi connectivity index (χ1v) is 8.88. The van der Waals surface area contributed by atoms with Crippen LogP contribution in [0.2, 0.25) is 0 Å². The molecule has 0 aliphatic carbocycles. The Morgan fingerprint density at radius 3 is 2.42 bits per heavy atom. The average Bonchev–Trinajstić information content (AvgIpc) is 2.58. The standard InChI is InChI=1S/C19H21BrFN3O2/c1-12-4-7-15(8-5-12)22-18(25)11-24(3)13(2)19(26)23-17-9-6-14(20)10-16(17)21/h4-10,13H,11H2,1-3H3,(H,22,25)(H,23,26). The highest BCUT2D eigenvalue weighted by Crippen LogP contribution is 2.19. The molecule has 7 heteroatoms. The van der Waals surface area contributed by atoms with E-state index in [-0.39, 0.29) is 18.1 Å². The first kappa shape index (κ1) is 20.1. The number of nitrogens with one attached hydrogen (secondary N) is 2. The molecular formula is C19H21BrFN3O2.